The fourth-order valence-corrected chi connectivity index (χ4v) is 6.07. The molecule has 2 N–H and O–H groups in total. The Morgan fingerprint density at radius 1 is 1.06 bits per heavy atom. The van der Waals surface area contributed by atoms with Crippen LogP contribution < -0.4 is 5.32 Å². The molecule has 1 aliphatic carbocycles. The number of rotatable bonds is 6. The van der Waals surface area contributed by atoms with Crippen molar-refractivity contribution in [3.63, 3.8) is 0 Å². The lowest BCUT2D eigenvalue weighted by atomic mass is 9.85. The molecule has 2 aromatic rings. The van der Waals surface area contributed by atoms with E-state index in [-0.39, 0.29) is 30.9 Å². The Hall–Kier alpha value is -3.35. The number of carbonyl (C=O) groups is 3. The number of aliphatic carboxylic acids is 1. The van der Waals surface area contributed by atoms with E-state index in [0.717, 1.165) is 35.1 Å². The van der Waals surface area contributed by atoms with Crippen LogP contribution >= 0.6 is 0 Å². The molecule has 0 radical (unpaired) electrons. The lowest BCUT2D eigenvalue weighted by molar-refractivity contribution is -0.143. The Balaban J connectivity index is 1.23. The van der Waals surface area contributed by atoms with Gasteiger partial charge in [-0.1, -0.05) is 48.5 Å². The van der Waals surface area contributed by atoms with Crippen LogP contribution in [0.3, 0.4) is 0 Å². The van der Waals surface area contributed by atoms with Gasteiger partial charge >= 0.3 is 12.1 Å². The number of fused-ring (bicyclic) bond motifs is 5. The van der Waals surface area contributed by atoms with Crippen LogP contribution in [0.15, 0.2) is 48.5 Å². The number of nitrogens with zero attached hydrogens (tertiary/aromatic N) is 1. The van der Waals surface area contributed by atoms with Gasteiger partial charge in [-0.15, -0.1) is 0 Å². The third-order valence-corrected chi connectivity index (χ3v) is 7.53. The maximum absolute atomic E-state index is 13.2. The van der Waals surface area contributed by atoms with Gasteiger partial charge in [0.05, 0.1) is 12.0 Å². The van der Waals surface area contributed by atoms with Gasteiger partial charge in [-0.05, 0) is 54.9 Å². The number of ether oxygens (including phenoxy) is 1. The largest absolute Gasteiger partial charge is 0.481 e. The molecule has 2 aromatic carbocycles. The van der Waals surface area contributed by atoms with E-state index in [1.807, 2.05) is 24.3 Å². The van der Waals surface area contributed by atoms with Crippen molar-refractivity contribution in [1.29, 1.82) is 0 Å². The molecule has 1 unspecified atom stereocenters. The molecule has 7 nitrogen and oxygen atoms in total. The molecule has 0 saturated carbocycles. The number of amides is 2. The molecule has 2 amide bonds. The Morgan fingerprint density at radius 3 is 2.21 bits per heavy atom. The summed E-state index contributed by atoms with van der Waals surface area (Å²) in [6.07, 6.45) is 2.35. The van der Waals surface area contributed by atoms with Crippen molar-refractivity contribution < 1.29 is 24.2 Å². The highest BCUT2D eigenvalue weighted by molar-refractivity contribution is 5.87. The van der Waals surface area contributed by atoms with E-state index in [0.29, 0.717) is 12.8 Å². The van der Waals surface area contributed by atoms with Gasteiger partial charge in [0.1, 0.15) is 12.6 Å². The molecule has 2 heterocycles. The van der Waals surface area contributed by atoms with Crippen LogP contribution in [0, 0.1) is 0 Å². The first-order chi connectivity index (χ1) is 15.9. The summed E-state index contributed by atoms with van der Waals surface area (Å²) < 4.78 is 5.57. The average molecular weight is 449 g/mol. The van der Waals surface area contributed by atoms with Crippen LogP contribution in [-0.2, 0) is 14.3 Å². The summed E-state index contributed by atoms with van der Waals surface area (Å²) >= 11 is 0. The van der Waals surface area contributed by atoms with Crippen LogP contribution in [0.5, 0.6) is 0 Å². The van der Waals surface area contributed by atoms with Gasteiger partial charge in [-0.25, -0.2) is 4.79 Å². The minimum atomic E-state index is -0.896. The first kappa shape index (κ1) is 21.5. The van der Waals surface area contributed by atoms with Crippen molar-refractivity contribution in [2.24, 2.45) is 0 Å². The first-order valence-corrected chi connectivity index (χ1v) is 11.6. The van der Waals surface area contributed by atoms with Gasteiger partial charge in [-0.3, -0.25) is 9.59 Å². The number of nitrogens with one attached hydrogen (secondary N) is 1. The molecule has 7 heteroatoms. The summed E-state index contributed by atoms with van der Waals surface area (Å²) in [6.45, 7) is 1.81. The second-order valence-corrected chi connectivity index (χ2v) is 9.43. The Bertz CT molecular complexity index is 1060. The number of carboxylic acids is 1. The van der Waals surface area contributed by atoms with Crippen molar-refractivity contribution >= 4 is 18.0 Å². The summed E-state index contributed by atoms with van der Waals surface area (Å²) in [7, 11) is 0. The van der Waals surface area contributed by atoms with E-state index in [2.05, 4.69) is 29.6 Å². The predicted molar refractivity (Wildman–Crippen MR) is 122 cm³/mol. The predicted octanol–water partition coefficient (Wildman–Crippen LogP) is 3.91. The van der Waals surface area contributed by atoms with Crippen LogP contribution in [0.4, 0.5) is 4.79 Å². The monoisotopic (exact) mass is 448 g/mol. The lowest BCUT2D eigenvalue weighted by Crippen LogP contribution is -2.54. The zero-order valence-electron chi connectivity index (χ0n) is 18.6. The topological polar surface area (TPSA) is 95.9 Å². The SMILES string of the molecule is CC(NC(=O)OCC1c2ccccc2-c2ccccc21)C(=O)N1C2CCC1(CC(=O)O)CC2. The van der Waals surface area contributed by atoms with Crippen molar-refractivity contribution in [2.45, 2.75) is 62.6 Å². The molecule has 5 rings (SSSR count). The smallest absolute Gasteiger partial charge is 0.407 e. The second kappa shape index (κ2) is 8.21. The lowest BCUT2D eigenvalue weighted by Gasteiger charge is -2.35. The fourth-order valence-electron chi connectivity index (χ4n) is 6.07. The number of carbonyl (C=O) groups excluding carboxylic acids is 2. The average Bonchev–Trinajstić information content (AvgIpc) is 3.43. The van der Waals surface area contributed by atoms with E-state index < -0.39 is 23.6 Å². The van der Waals surface area contributed by atoms with Crippen molar-refractivity contribution in [3.05, 3.63) is 59.7 Å². The number of carboxylic acid groups (broad SMARTS) is 1. The quantitative estimate of drug-likeness (QED) is 0.699. The minimum Gasteiger partial charge on any atom is -0.481 e. The summed E-state index contributed by atoms with van der Waals surface area (Å²) in [4.78, 5) is 38.9. The second-order valence-electron chi connectivity index (χ2n) is 9.43. The molecule has 2 bridgehead atoms. The Morgan fingerprint density at radius 2 is 1.64 bits per heavy atom. The van der Waals surface area contributed by atoms with Gasteiger partial charge in [-0.2, -0.15) is 0 Å². The zero-order valence-corrected chi connectivity index (χ0v) is 18.6. The van der Waals surface area contributed by atoms with E-state index in [1.165, 1.54) is 0 Å². The van der Waals surface area contributed by atoms with Crippen LogP contribution in [0.25, 0.3) is 11.1 Å². The maximum atomic E-state index is 13.2. The molecule has 172 valence electrons. The van der Waals surface area contributed by atoms with E-state index in [4.69, 9.17) is 4.74 Å². The molecule has 0 spiro atoms. The Labute approximate surface area is 192 Å². The summed E-state index contributed by atoms with van der Waals surface area (Å²) in [5.41, 5.74) is 3.93. The van der Waals surface area contributed by atoms with Crippen LogP contribution in [-0.4, -0.2) is 52.2 Å². The van der Waals surface area contributed by atoms with Crippen molar-refractivity contribution in [2.75, 3.05) is 6.61 Å². The van der Waals surface area contributed by atoms with Gasteiger partial charge in [0.25, 0.3) is 0 Å². The molecule has 33 heavy (non-hydrogen) atoms. The van der Waals surface area contributed by atoms with Crippen molar-refractivity contribution in [1.82, 2.24) is 10.2 Å². The number of hydrogen-bond acceptors (Lipinski definition) is 4. The van der Waals surface area contributed by atoms with Gasteiger partial charge in [0, 0.05) is 12.0 Å². The standard InChI is InChI=1S/C26H28N2O5/c1-16(24(31)28-17-10-12-26(28,13-11-17)14-23(29)30)27-25(32)33-15-22-20-8-4-2-6-18(20)19-7-3-5-9-21(19)22/h2-9,16-17,22H,10-15H2,1H3,(H,27,32)(H,29,30). The summed E-state index contributed by atoms with van der Waals surface area (Å²) in [6, 6.07) is 15.5. The highest BCUT2D eigenvalue weighted by Gasteiger charge is 2.55. The number of benzene rings is 2. The first-order valence-electron chi connectivity index (χ1n) is 11.6. The molecular formula is C26H28N2O5. The summed E-state index contributed by atoms with van der Waals surface area (Å²) in [5, 5.41) is 12.0. The molecule has 0 aromatic heterocycles. The summed E-state index contributed by atoms with van der Waals surface area (Å²) in [5.74, 6) is -1.18. The number of alkyl carbamates (subject to hydrolysis) is 1. The third-order valence-electron chi connectivity index (χ3n) is 7.53. The number of hydrogen-bond donors (Lipinski definition) is 2. The minimum absolute atomic E-state index is 0.0487. The van der Waals surface area contributed by atoms with E-state index in [1.54, 1.807) is 11.8 Å². The van der Waals surface area contributed by atoms with E-state index in [9.17, 15) is 19.5 Å². The van der Waals surface area contributed by atoms with Crippen LogP contribution in [0.2, 0.25) is 0 Å². The molecular weight excluding hydrogens is 420 g/mol. The highest BCUT2D eigenvalue weighted by Crippen LogP contribution is 2.49. The van der Waals surface area contributed by atoms with Crippen molar-refractivity contribution in [3.8, 4) is 11.1 Å². The molecule has 2 aliphatic heterocycles. The van der Waals surface area contributed by atoms with Gasteiger partial charge in [0.15, 0.2) is 0 Å². The Kier molecular flexibility index (Phi) is 5.35. The fraction of sp³-hybridized carbons (Fsp3) is 0.423. The third kappa shape index (κ3) is 3.65. The zero-order chi connectivity index (χ0) is 23.2. The molecule has 2 saturated heterocycles. The van der Waals surface area contributed by atoms with Gasteiger partial charge < -0.3 is 20.1 Å². The maximum Gasteiger partial charge on any atom is 0.407 e. The van der Waals surface area contributed by atoms with Crippen LogP contribution in [0.1, 0.15) is 56.1 Å². The normalized spacial score (nSPS) is 23.7. The van der Waals surface area contributed by atoms with E-state index >= 15 is 0 Å². The molecule has 1 atom stereocenters. The molecule has 3 aliphatic rings. The van der Waals surface area contributed by atoms with Gasteiger partial charge in [0.2, 0.25) is 5.91 Å². The highest BCUT2D eigenvalue weighted by atomic mass is 16.5. The molecule has 2 fully saturated rings.